The molecule has 1 unspecified atom stereocenters. The van der Waals surface area contributed by atoms with E-state index < -0.39 is 11.7 Å². The van der Waals surface area contributed by atoms with Crippen LogP contribution < -0.4 is 11.1 Å². The summed E-state index contributed by atoms with van der Waals surface area (Å²) in [5.74, 6) is -1.45. The standard InChI is InChI=1S/C13H19FN4O/c1-9(18-6-2-3-7-18)8-17-13(19)10-4-5-16-12(15)11(10)14/h4-5,9H,2-3,6-8H2,1H3,(H2,15,16)(H,17,19). The second-order valence-corrected chi connectivity index (χ2v) is 4.86. The van der Waals surface area contributed by atoms with Gasteiger partial charge in [-0.05, 0) is 38.9 Å². The van der Waals surface area contributed by atoms with Crippen LogP contribution in [0.4, 0.5) is 10.2 Å². The number of nitrogens with two attached hydrogens (primary N) is 1. The monoisotopic (exact) mass is 266 g/mol. The lowest BCUT2D eigenvalue weighted by atomic mass is 10.2. The lowest BCUT2D eigenvalue weighted by molar-refractivity contribution is 0.0936. The molecular formula is C13H19FN4O. The minimum Gasteiger partial charge on any atom is -0.381 e. The van der Waals surface area contributed by atoms with Crippen LogP contribution >= 0.6 is 0 Å². The molecule has 1 aromatic rings. The second kappa shape index (κ2) is 5.97. The molecule has 19 heavy (non-hydrogen) atoms. The minimum atomic E-state index is -0.756. The summed E-state index contributed by atoms with van der Waals surface area (Å²) >= 11 is 0. The van der Waals surface area contributed by atoms with Crippen LogP contribution in [0.3, 0.4) is 0 Å². The van der Waals surface area contributed by atoms with Crippen molar-refractivity contribution in [2.45, 2.75) is 25.8 Å². The van der Waals surface area contributed by atoms with Gasteiger partial charge in [-0.2, -0.15) is 0 Å². The van der Waals surface area contributed by atoms with Gasteiger partial charge in [0.15, 0.2) is 11.6 Å². The Balaban J connectivity index is 1.92. The highest BCUT2D eigenvalue weighted by Gasteiger charge is 2.20. The van der Waals surface area contributed by atoms with Gasteiger partial charge in [-0.25, -0.2) is 9.37 Å². The molecule has 1 amide bonds. The van der Waals surface area contributed by atoms with Crippen LogP contribution in [0, 0.1) is 5.82 Å². The number of anilines is 1. The molecule has 0 saturated carbocycles. The average molecular weight is 266 g/mol. The van der Waals surface area contributed by atoms with E-state index >= 15 is 0 Å². The number of rotatable bonds is 4. The van der Waals surface area contributed by atoms with Gasteiger partial charge in [-0.15, -0.1) is 0 Å². The molecule has 0 aromatic carbocycles. The Bertz CT molecular complexity index is 460. The first-order chi connectivity index (χ1) is 9.09. The van der Waals surface area contributed by atoms with E-state index in [4.69, 9.17) is 5.73 Å². The summed E-state index contributed by atoms with van der Waals surface area (Å²) in [6, 6.07) is 1.59. The first kappa shape index (κ1) is 13.7. The molecule has 2 heterocycles. The molecule has 2 rings (SSSR count). The predicted octanol–water partition coefficient (Wildman–Crippen LogP) is 1.02. The number of pyridine rings is 1. The van der Waals surface area contributed by atoms with E-state index in [1.807, 2.05) is 0 Å². The number of likely N-dealkylation sites (tertiary alicyclic amines) is 1. The van der Waals surface area contributed by atoms with Gasteiger partial charge >= 0.3 is 0 Å². The van der Waals surface area contributed by atoms with E-state index in [2.05, 4.69) is 22.1 Å². The van der Waals surface area contributed by atoms with Crippen molar-refractivity contribution in [3.05, 3.63) is 23.6 Å². The Kier molecular flexibility index (Phi) is 4.31. The lowest BCUT2D eigenvalue weighted by Gasteiger charge is -2.23. The number of hydrogen-bond acceptors (Lipinski definition) is 4. The fourth-order valence-corrected chi connectivity index (χ4v) is 2.28. The van der Waals surface area contributed by atoms with Crippen LogP contribution in [0.15, 0.2) is 12.3 Å². The van der Waals surface area contributed by atoms with Crippen LogP contribution in [-0.4, -0.2) is 41.5 Å². The molecule has 0 spiro atoms. The third kappa shape index (κ3) is 3.20. The van der Waals surface area contributed by atoms with E-state index in [9.17, 15) is 9.18 Å². The van der Waals surface area contributed by atoms with E-state index in [-0.39, 0.29) is 17.4 Å². The lowest BCUT2D eigenvalue weighted by Crippen LogP contribution is -2.40. The normalized spacial score (nSPS) is 17.4. The van der Waals surface area contributed by atoms with E-state index in [1.54, 1.807) is 0 Å². The van der Waals surface area contributed by atoms with Crippen molar-refractivity contribution >= 4 is 11.7 Å². The molecule has 5 nitrogen and oxygen atoms in total. The largest absolute Gasteiger partial charge is 0.381 e. The number of nitrogens with one attached hydrogen (secondary N) is 1. The molecule has 1 aliphatic heterocycles. The predicted molar refractivity (Wildman–Crippen MR) is 71.2 cm³/mol. The number of hydrogen-bond donors (Lipinski definition) is 2. The first-order valence-corrected chi connectivity index (χ1v) is 6.52. The van der Waals surface area contributed by atoms with Crippen LogP contribution in [0.2, 0.25) is 0 Å². The van der Waals surface area contributed by atoms with Crippen molar-refractivity contribution in [2.24, 2.45) is 0 Å². The summed E-state index contributed by atoms with van der Waals surface area (Å²) < 4.78 is 13.6. The third-order valence-electron chi connectivity index (χ3n) is 3.48. The second-order valence-electron chi connectivity index (χ2n) is 4.86. The van der Waals surface area contributed by atoms with Crippen molar-refractivity contribution in [2.75, 3.05) is 25.4 Å². The molecule has 1 atom stereocenters. The summed E-state index contributed by atoms with van der Waals surface area (Å²) in [5, 5.41) is 2.74. The number of halogens is 1. The van der Waals surface area contributed by atoms with E-state index in [0.29, 0.717) is 6.54 Å². The topological polar surface area (TPSA) is 71.2 Å². The Morgan fingerprint density at radius 3 is 2.95 bits per heavy atom. The van der Waals surface area contributed by atoms with Gasteiger partial charge in [-0.1, -0.05) is 0 Å². The Morgan fingerprint density at radius 2 is 2.26 bits per heavy atom. The number of amides is 1. The summed E-state index contributed by atoms with van der Waals surface area (Å²) in [4.78, 5) is 17.8. The van der Waals surface area contributed by atoms with Gasteiger partial charge in [0.05, 0.1) is 5.56 Å². The SMILES string of the molecule is CC(CNC(=O)c1ccnc(N)c1F)N1CCCC1. The summed E-state index contributed by atoms with van der Waals surface area (Å²) in [6.07, 6.45) is 3.73. The van der Waals surface area contributed by atoms with Crippen molar-refractivity contribution in [3.63, 3.8) is 0 Å². The highest BCUT2D eigenvalue weighted by molar-refractivity contribution is 5.95. The van der Waals surface area contributed by atoms with Crippen molar-refractivity contribution in [1.82, 2.24) is 15.2 Å². The summed E-state index contributed by atoms with van der Waals surface area (Å²) in [6.45, 7) is 4.69. The summed E-state index contributed by atoms with van der Waals surface area (Å²) in [7, 11) is 0. The van der Waals surface area contributed by atoms with Crippen LogP contribution in [0.5, 0.6) is 0 Å². The molecule has 1 fully saturated rings. The van der Waals surface area contributed by atoms with Gasteiger partial charge in [0.2, 0.25) is 0 Å². The van der Waals surface area contributed by atoms with Crippen molar-refractivity contribution < 1.29 is 9.18 Å². The Hall–Kier alpha value is -1.69. The maximum Gasteiger partial charge on any atom is 0.254 e. The summed E-state index contributed by atoms with van der Waals surface area (Å²) in [5.41, 5.74) is 5.29. The minimum absolute atomic E-state index is 0.0545. The molecule has 1 aliphatic rings. The fraction of sp³-hybridized carbons (Fsp3) is 0.538. The molecule has 1 saturated heterocycles. The molecule has 3 N–H and O–H groups in total. The van der Waals surface area contributed by atoms with Crippen LogP contribution in [-0.2, 0) is 0 Å². The zero-order valence-electron chi connectivity index (χ0n) is 11.0. The fourth-order valence-electron chi connectivity index (χ4n) is 2.28. The van der Waals surface area contributed by atoms with Gasteiger partial charge in [0.1, 0.15) is 0 Å². The first-order valence-electron chi connectivity index (χ1n) is 6.52. The highest BCUT2D eigenvalue weighted by atomic mass is 19.1. The smallest absolute Gasteiger partial charge is 0.254 e. The molecule has 1 aromatic heterocycles. The quantitative estimate of drug-likeness (QED) is 0.853. The maximum absolute atomic E-state index is 13.6. The van der Waals surface area contributed by atoms with Gasteiger partial charge in [0.25, 0.3) is 5.91 Å². The number of aromatic nitrogens is 1. The van der Waals surface area contributed by atoms with E-state index in [0.717, 1.165) is 13.1 Å². The third-order valence-corrected chi connectivity index (χ3v) is 3.48. The van der Waals surface area contributed by atoms with Crippen LogP contribution in [0.25, 0.3) is 0 Å². The van der Waals surface area contributed by atoms with Gasteiger partial charge in [0, 0.05) is 18.8 Å². The van der Waals surface area contributed by atoms with Crippen LogP contribution in [0.1, 0.15) is 30.1 Å². The molecule has 0 radical (unpaired) electrons. The van der Waals surface area contributed by atoms with Crippen molar-refractivity contribution in [1.29, 1.82) is 0 Å². The average Bonchev–Trinajstić information content (AvgIpc) is 2.93. The zero-order valence-corrected chi connectivity index (χ0v) is 11.0. The number of carbonyl (C=O) groups is 1. The highest BCUT2D eigenvalue weighted by Crippen LogP contribution is 2.13. The Labute approximate surface area is 112 Å². The van der Waals surface area contributed by atoms with Gasteiger partial charge in [-0.3, -0.25) is 9.69 Å². The number of nitrogens with zero attached hydrogens (tertiary/aromatic N) is 2. The number of nitrogen functional groups attached to an aromatic ring is 1. The zero-order chi connectivity index (χ0) is 13.8. The molecular weight excluding hydrogens is 247 g/mol. The molecule has 104 valence electrons. The molecule has 0 bridgehead atoms. The van der Waals surface area contributed by atoms with E-state index in [1.165, 1.54) is 25.1 Å². The van der Waals surface area contributed by atoms with Crippen molar-refractivity contribution in [3.8, 4) is 0 Å². The number of carbonyl (C=O) groups excluding carboxylic acids is 1. The molecule has 6 heteroatoms. The maximum atomic E-state index is 13.6. The Morgan fingerprint density at radius 1 is 1.58 bits per heavy atom. The van der Waals surface area contributed by atoms with Gasteiger partial charge < -0.3 is 11.1 Å². The molecule has 0 aliphatic carbocycles.